The predicted molar refractivity (Wildman–Crippen MR) is 132 cm³/mol. The lowest BCUT2D eigenvalue weighted by Gasteiger charge is -2.24. The molecular weight excluding hydrogens is 462 g/mol. The number of amides is 2. The van der Waals surface area contributed by atoms with Crippen molar-refractivity contribution in [2.45, 2.75) is 45.0 Å². The smallest absolute Gasteiger partial charge is 0.305 e. The van der Waals surface area contributed by atoms with Gasteiger partial charge in [-0.2, -0.15) is 0 Å². The lowest BCUT2D eigenvalue weighted by molar-refractivity contribution is -0.141. The minimum absolute atomic E-state index is 0.00484. The molecule has 0 aromatic heterocycles. The second-order valence-electron chi connectivity index (χ2n) is 9.10. The molecule has 2 N–H and O–H groups in total. The zero-order valence-electron chi connectivity index (χ0n) is 20.6. The molecule has 2 heterocycles. The number of fused-ring (bicyclic) bond motifs is 1. The van der Waals surface area contributed by atoms with Gasteiger partial charge >= 0.3 is 5.97 Å². The number of hydrogen-bond acceptors (Lipinski definition) is 7. The number of nitrogens with two attached hydrogens (primary N) is 1. The van der Waals surface area contributed by atoms with Crippen molar-refractivity contribution in [1.29, 1.82) is 0 Å². The molecule has 192 valence electrons. The van der Waals surface area contributed by atoms with E-state index < -0.39 is 17.9 Å². The molecule has 2 aliphatic rings. The van der Waals surface area contributed by atoms with Crippen LogP contribution in [0.5, 0.6) is 5.75 Å². The van der Waals surface area contributed by atoms with Crippen molar-refractivity contribution in [1.82, 2.24) is 9.80 Å². The van der Waals surface area contributed by atoms with Crippen LogP contribution in [0.4, 0.5) is 0 Å². The van der Waals surface area contributed by atoms with Crippen LogP contribution in [0.2, 0.25) is 0 Å². The summed E-state index contributed by atoms with van der Waals surface area (Å²) >= 11 is 0. The summed E-state index contributed by atoms with van der Waals surface area (Å²) in [6.07, 6.45) is 1.16. The van der Waals surface area contributed by atoms with E-state index in [0.717, 1.165) is 44.8 Å². The second kappa shape index (κ2) is 12.0. The van der Waals surface area contributed by atoms with Gasteiger partial charge in [0, 0.05) is 43.8 Å². The van der Waals surface area contributed by atoms with E-state index in [9.17, 15) is 14.4 Å². The molecule has 2 aromatic carbocycles. The van der Waals surface area contributed by atoms with E-state index in [1.807, 2.05) is 6.07 Å². The Balaban J connectivity index is 1.39. The maximum Gasteiger partial charge on any atom is 0.305 e. The SMILES string of the molecule is COC(=O)CCC(C(N)=O)N1Cc2c(OCc3ccc(CN4CCCOCC4)cc3)cccc2C1=O. The number of rotatable bonds is 10. The van der Waals surface area contributed by atoms with Crippen LogP contribution in [-0.2, 0) is 38.8 Å². The fourth-order valence-corrected chi connectivity index (χ4v) is 4.64. The number of nitrogens with zero attached hydrogens (tertiary/aromatic N) is 2. The predicted octanol–water partition coefficient (Wildman–Crippen LogP) is 2.25. The highest BCUT2D eigenvalue weighted by molar-refractivity contribution is 6.01. The lowest BCUT2D eigenvalue weighted by atomic mass is 10.1. The minimum atomic E-state index is -0.903. The Morgan fingerprint density at radius 1 is 1.08 bits per heavy atom. The Hall–Kier alpha value is -3.43. The highest BCUT2D eigenvalue weighted by Crippen LogP contribution is 2.33. The molecule has 0 aliphatic carbocycles. The van der Waals surface area contributed by atoms with Crippen molar-refractivity contribution in [2.75, 3.05) is 33.4 Å². The maximum atomic E-state index is 13.0. The van der Waals surface area contributed by atoms with Gasteiger partial charge in [-0.15, -0.1) is 0 Å². The average Bonchev–Trinajstić information content (AvgIpc) is 3.04. The molecule has 1 unspecified atom stereocenters. The van der Waals surface area contributed by atoms with Gasteiger partial charge in [-0.3, -0.25) is 19.3 Å². The van der Waals surface area contributed by atoms with Crippen LogP contribution in [0.15, 0.2) is 42.5 Å². The van der Waals surface area contributed by atoms with Crippen molar-refractivity contribution < 1.29 is 28.6 Å². The van der Waals surface area contributed by atoms with Crippen molar-refractivity contribution >= 4 is 17.8 Å². The van der Waals surface area contributed by atoms with Crippen LogP contribution in [0.25, 0.3) is 0 Å². The summed E-state index contributed by atoms with van der Waals surface area (Å²) in [5.41, 5.74) is 9.02. The van der Waals surface area contributed by atoms with Crippen molar-refractivity contribution in [2.24, 2.45) is 5.73 Å². The monoisotopic (exact) mass is 495 g/mol. The first-order valence-corrected chi connectivity index (χ1v) is 12.3. The molecule has 2 amide bonds. The van der Waals surface area contributed by atoms with Gasteiger partial charge in [-0.1, -0.05) is 30.3 Å². The molecule has 1 atom stereocenters. The van der Waals surface area contributed by atoms with Gasteiger partial charge < -0.3 is 24.8 Å². The fourth-order valence-electron chi connectivity index (χ4n) is 4.64. The minimum Gasteiger partial charge on any atom is -0.489 e. The number of esters is 1. The normalized spacial score (nSPS) is 16.8. The summed E-state index contributed by atoms with van der Waals surface area (Å²) in [6.45, 7) is 5.03. The van der Waals surface area contributed by atoms with Crippen molar-refractivity contribution in [3.63, 3.8) is 0 Å². The second-order valence-corrected chi connectivity index (χ2v) is 9.10. The lowest BCUT2D eigenvalue weighted by Crippen LogP contribution is -2.45. The molecule has 2 aromatic rings. The molecule has 36 heavy (non-hydrogen) atoms. The van der Waals surface area contributed by atoms with E-state index in [-0.39, 0.29) is 25.3 Å². The standard InChI is InChI=1S/C27H33N3O6/c1-34-25(31)11-10-23(26(28)32)30-17-22-21(27(30)33)4-2-5-24(22)36-18-20-8-6-19(7-9-20)16-29-12-3-14-35-15-13-29/h2,4-9,23H,3,10-18H2,1H3,(H2,28,32). The van der Waals surface area contributed by atoms with E-state index in [4.69, 9.17) is 15.2 Å². The molecule has 0 bridgehead atoms. The Morgan fingerprint density at radius 3 is 2.61 bits per heavy atom. The molecule has 9 nitrogen and oxygen atoms in total. The first-order valence-electron chi connectivity index (χ1n) is 12.3. The Bertz CT molecular complexity index is 1080. The number of carbonyl (C=O) groups excluding carboxylic acids is 3. The van der Waals surface area contributed by atoms with Gasteiger partial charge in [0.1, 0.15) is 18.4 Å². The third-order valence-corrected chi connectivity index (χ3v) is 6.65. The first-order chi connectivity index (χ1) is 17.5. The molecule has 4 rings (SSSR count). The van der Waals surface area contributed by atoms with E-state index in [1.165, 1.54) is 17.6 Å². The van der Waals surface area contributed by atoms with Gasteiger partial charge in [0.25, 0.3) is 5.91 Å². The number of benzene rings is 2. The fraction of sp³-hybridized carbons (Fsp3) is 0.444. The first kappa shape index (κ1) is 25.7. The van der Waals surface area contributed by atoms with Crippen molar-refractivity contribution in [3.8, 4) is 5.75 Å². The molecule has 1 saturated heterocycles. The van der Waals surface area contributed by atoms with Crippen molar-refractivity contribution in [3.05, 3.63) is 64.7 Å². The molecular formula is C27H33N3O6. The van der Waals surface area contributed by atoms with Crippen LogP contribution < -0.4 is 10.5 Å². The summed E-state index contributed by atoms with van der Waals surface area (Å²) in [5, 5.41) is 0. The number of hydrogen-bond donors (Lipinski definition) is 1. The summed E-state index contributed by atoms with van der Waals surface area (Å²) < 4.78 is 16.3. The summed E-state index contributed by atoms with van der Waals surface area (Å²) in [6, 6.07) is 12.7. The maximum absolute atomic E-state index is 13.0. The number of primary amides is 1. The van der Waals surface area contributed by atoms with Crippen LogP contribution in [0.3, 0.4) is 0 Å². The summed E-state index contributed by atoms with van der Waals surface area (Å²) in [5.74, 6) is -0.822. The molecule has 9 heteroatoms. The molecule has 0 saturated carbocycles. The summed E-state index contributed by atoms with van der Waals surface area (Å²) in [7, 11) is 1.28. The van der Waals surface area contributed by atoms with Gasteiger partial charge in [0.15, 0.2) is 0 Å². The molecule has 1 fully saturated rings. The summed E-state index contributed by atoms with van der Waals surface area (Å²) in [4.78, 5) is 40.5. The van der Waals surface area contributed by atoms with Crippen LogP contribution >= 0.6 is 0 Å². The molecule has 0 spiro atoms. The average molecular weight is 496 g/mol. The third kappa shape index (κ3) is 6.22. The number of carbonyl (C=O) groups is 3. The third-order valence-electron chi connectivity index (χ3n) is 6.65. The topological polar surface area (TPSA) is 111 Å². The molecule has 2 aliphatic heterocycles. The van der Waals surface area contributed by atoms with Crippen LogP contribution in [0.1, 0.15) is 46.3 Å². The van der Waals surface area contributed by atoms with E-state index >= 15 is 0 Å². The van der Waals surface area contributed by atoms with Gasteiger partial charge in [-0.25, -0.2) is 0 Å². The van der Waals surface area contributed by atoms with Gasteiger partial charge in [0.2, 0.25) is 5.91 Å². The zero-order valence-corrected chi connectivity index (χ0v) is 20.6. The van der Waals surface area contributed by atoms with E-state index in [0.29, 0.717) is 23.5 Å². The zero-order chi connectivity index (χ0) is 25.5. The van der Waals surface area contributed by atoms with E-state index in [2.05, 4.69) is 33.9 Å². The highest BCUT2D eigenvalue weighted by atomic mass is 16.5. The van der Waals surface area contributed by atoms with Gasteiger partial charge in [-0.05, 0) is 36.1 Å². The Kier molecular flexibility index (Phi) is 8.56. The quantitative estimate of drug-likeness (QED) is 0.503. The highest BCUT2D eigenvalue weighted by Gasteiger charge is 2.37. The number of methoxy groups -OCH3 is 1. The van der Waals surface area contributed by atoms with Crippen LogP contribution in [-0.4, -0.2) is 67.0 Å². The Morgan fingerprint density at radius 2 is 1.86 bits per heavy atom. The largest absolute Gasteiger partial charge is 0.489 e. The molecule has 0 radical (unpaired) electrons. The van der Waals surface area contributed by atoms with Gasteiger partial charge in [0.05, 0.1) is 20.3 Å². The van der Waals surface area contributed by atoms with Crippen LogP contribution in [0, 0.1) is 0 Å². The van der Waals surface area contributed by atoms with E-state index in [1.54, 1.807) is 12.1 Å². The Labute approximate surface area is 211 Å². The number of ether oxygens (including phenoxy) is 3.